The summed E-state index contributed by atoms with van der Waals surface area (Å²) in [5.41, 5.74) is 4.94. The van der Waals surface area contributed by atoms with Gasteiger partial charge < -0.3 is 30.6 Å². The van der Waals surface area contributed by atoms with E-state index in [-0.39, 0.29) is 57.7 Å². The standard InChI is InChI=1S/C41H53N5O10S3/c1-8-42-34-17-23(4)59(54,55)41-31(34)21-37(57-41)58(52,53)22-35(48)26(7)56-36(49)14-12-28(47)18-27-11-13-32-29(19-27)30(39(50)45-32)20-33-24(5)38(25(6)44-33)40(51)43-15-16-46(9-2)10-3/h11,13,19-21,23,26,34,42,44H,8-10,12,14-18,22H2,1-7H3,(H,43,51)(H,45,50)/b30-20-/t23-,26?,34-/m0/s1. The lowest BCUT2D eigenvalue weighted by Gasteiger charge is -2.27. The van der Waals surface area contributed by atoms with Crippen LogP contribution in [0.5, 0.6) is 0 Å². The molecule has 3 aromatic rings. The van der Waals surface area contributed by atoms with Crippen molar-refractivity contribution in [2.45, 2.75) is 100.0 Å². The Hall–Kier alpha value is -4.49. The van der Waals surface area contributed by atoms with Gasteiger partial charge in [-0.05, 0) is 94.7 Å². The van der Waals surface area contributed by atoms with Crippen molar-refractivity contribution in [3.63, 3.8) is 0 Å². The van der Waals surface area contributed by atoms with Crippen molar-refractivity contribution >= 4 is 77.7 Å². The molecule has 0 saturated carbocycles. The maximum Gasteiger partial charge on any atom is 0.306 e. The molecule has 3 atom stereocenters. The summed E-state index contributed by atoms with van der Waals surface area (Å²) in [7, 11) is -8.00. The first-order valence-corrected chi connectivity index (χ1v) is 23.8. The van der Waals surface area contributed by atoms with Gasteiger partial charge in [0.15, 0.2) is 31.6 Å². The number of sulfone groups is 2. The van der Waals surface area contributed by atoms with E-state index in [2.05, 4.69) is 39.7 Å². The number of rotatable bonds is 19. The summed E-state index contributed by atoms with van der Waals surface area (Å²) in [6, 6.07) is 6.08. The van der Waals surface area contributed by atoms with E-state index in [9.17, 15) is 40.8 Å². The zero-order valence-electron chi connectivity index (χ0n) is 34.4. The maximum atomic E-state index is 13.3. The van der Waals surface area contributed by atoms with E-state index in [1.807, 2.05) is 13.8 Å². The van der Waals surface area contributed by atoms with Crippen LogP contribution in [0.15, 0.2) is 32.7 Å². The number of thiophene rings is 1. The van der Waals surface area contributed by atoms with Crippen molar-refractivity contribution < 1.29 is 45.5 Å². The fraction of sp³-hybridized carbons (Fsp3) is 0.488. The Labute approximate surface area is 349 Å². The molecule has 15 nitrogen and oxygen atoms in total. The number of aromatic amines is 1. The fourth-order valence-electron chi connectivity index (χ4n) is 7.29. The number of fused-ring (bicyclic) bond motifs is 2. The van der Waals surface area contributed by atoms with E-state index in [0.29, 0.717) is 74.9 Å². The largest absolute Gasteiger partial charge is 0.455 e. The molecule has 5 rings (SSSR count). The molecular formula is C41H53N5O10S3. The number of H-pyrrole nitrogens is 1. The van der Waals surface area contributed by atoms with Gasteiger partial charge in [0, 0.05) is 54.6 Å². The van der Waals surface area contributed by atoms with Crippen molar-refractivity contribution in [2.24, 2.45) is 0 Å². The normalized spacial score (nSPS) is 18.3. The minimum atomic E-state index is -4.26. The quantitative estimate of drug-likeness (QED) is 0.0978. The van der Waals surface area contributed by atoms with E-state index >= 15 is 0 Å². The number of likely N-dealkylation sites (N-methyl/N-ethyl adjacent to an activating group) is 1. The van der Waals surface area contributed by atoms with Crippen LogP contribution in [0.1, 0.15) is 104 Å². The van der Waals surface area contributed by atoms with Gasteiger partial charge in [-0.1, -0.05) is 26.8 Å². The second kappa shape index (κ2) is 18.8. The van der Waals surface area contributed by atoms with Crippen LogP contribution in [-0.4, -0.2) is 106 Å². The number of hydrogen-bond acceptors (Lipinski definition) is 13. The van der Waals surface area contributed by atoms with Gasteiger partial charge in [0.25, 0.3) is 11.8 Å². The Morgan fingerprint density at radius 2 is 1.80 bits per heavy atom. The number of esters is 1. The number of carbonyl (C=O) groups excluding carboxylic acids is 5. The molecule has 0 aliphatic carbocycles. The predicted molar refractivity (Wildman–Crippen MR) is 226 cm³/mol. The Bertz CT molecular complexity index is 2390. The summed E-state index contributed by atoms with van der Waals surface area (Å²) in [5, 5.41) is 8.30. The molecule has 1 aromatic carbocycles. The summed E-state index contributed by atoms with van der Waals surface area (Å²) in [6.07, 6.45) is -0.0756. The number of aryl methyl sites for hydroxylation is 1. The molecule has 0 radical (unpaired) electrons. The van der Waals surface area contributed by atoms with Crippen molar-refractivity contribution in [3.8, 4) is 0 Å². The van der Waals surface area contributed by atoms with Crippen molar-refractivity contribution in [1.29, 1.82) is 0 Å². The Morgan fingerprint density at radius 1 is 1.08 bits per heavy atom. The number of ether oxygens (including phenoxy) is 1. The molecule has 2 aliphatic rings. The number of amides is 2. The number of benzene rings is 1. The Balaban J connectivity index is 1.17. The number of nitrogens with zero attached hydrogens (tertiary/aromatic N) is 1. The molecule has 4 heterocycles. The highest BCUT2D eigenvalue weighted by Gasteiger charge is 2.40. The summed E-state index contributed by atoms with van der Waals surface area (Å²) in [5.74, 6) is -3.60. The Kier molecular flexibility index (Phi) is 14.6. The second-order valence-corrected chi connectivity index (χ2v) is 20.8. The van der Waals surface area contributed by atoms with E-state index in [4.69, 9.17) is 4.74 Å². The van der Waals surface area contributed by atoms with Crippen LogP contribution in [-0.2, 0) is 50.0 Å². The van der Waals surface area contributed by atoms with Crippen molar-refractivity contribution in [2.75, 3.05) is 43.8 Å². The average Bonchev–Trinajstić information content (AvgIpc) is 3.85. The highest BCUT2D eigenvalue weighted by molar-refractivity contribution is 7.96. The monoisotopic (exact) mass is 871 g/mol. The third-order valence-electron chi connectivity index (χ3n) is 10.8. The number of nitrogens with one attached hydrogen (secondary N) is 4. The van der Waals surface area contributed by atoms with Crippen LogP contribution < -0.4 is 16.0 Å². The molecule has 0 fully saturated rings. The molecular weight excluding hydrogens is 819 g/mol. The molecule has 1 unspecified atom stereocenters. The summed E-state index contributed by atoms with van der Waals surface area (Å²) >= 11 is 0.623. The first-order valence-electron chi connectivity index (χ1n) is 19.7. The molecule has 18 heteroatoms. The third-order valence-corrected chi connectivity index (χ3v) is 16.9. The summed E-state index contributed by atoms with van der Waals surface area (Å²) in [4.78, 5) is 70.2. The van der Waals surface area contributed by atoms with Gasteiger partial charge in [-0.3, -0.25) is 24.0 Å². The molecule has 2 aromatic heterocycles. The van der Waals surface area contributed by atoms with Crippen LogP contribution in [0.3, 0.4) is 0 Å². The zero-order valence-corrected chi connectivity index (χ0v) is 36.9. The van der Waals surface area contributed by atoms with Gasteiger partial charge >= 0.3 is 5.97 Å². The summed E-state index contributed by atoms with van der Waals surface area (Å²) in [6.45, 7) is 16.0. The molecule has 4 N–H and O–H groups in total. The molecule has 59 heavy (non-hydrogen) atoms. The van der Waals surface area contributed by atoms with Gasteiger partial charge in [0.2, 0.25) is 0 Å². The molecule has 2 amide bonds. The van der Waals surface area contributed by atoms with Crippen molar-refractivity contribution in [3.05, 3.63) is 63.5 Å². The fourth-order valence-corrected chi connectivity index (χ4v) is 12.7. The van der Waals surface area contributed by atoms with Gasteiger partial charge in [-0.25, -0.2) is 16.8 Å². The smallest absolute Gasteiger partial charge is 0.306 e. The SMILES string of the molecule is CCN[C@H]1C[C@H](C)S(=O)(=O)c2sc(S(=O)(=O)CC(=O)C(C)OC(=O)CCC(=O)Cc3ccc4c(c3)/C(=C/c3[nH]c(C)c(C(=O)NCCN(CC)CC)c3C)C(=O)N4)cc21. The van der Waals surface area contributed by atoms with Crippen molar-refractivity contribution in [1.82, 2.24) is 20.5 Å². The number of Topliss-reactive ketones (excluding diaryl/α,β-unsaturated/α-hetero) is 2. The molecule has 0 spiro atoms. The van der Waals surface area contributed by atoms with Gasteiger partial charge in [-0.2, -0.15) is 0 Å². The van der Waals surface area contributed by atoms with Crippen LogP contribution in [0, 0.1) is 13.8 Å². The van der Waals surface area contributed by atoms with Crippen LogP contribution in [0.4, 0.5) is 5.69 Å². The number of anilines is 1. The molecule has 0 bridgehead atoms. The van der Waals surface area contributed by atoms with E-state index in [1.54, 1.807) is 38.1 Å². The second-order valence-electron chi connectivity index (χ2n) is 14.9. The lowest BCUT2D eigenvalue weighted by molar-refractivity contribution is -0.153. The lowest BCUT2D eigenvalue weighted by Crippen LogP contribution is -2.35. The minimum absolute atomic E-state index is 0.0288. The third kappa shape index (κ3) is 10.3. The first-order chi connectivity index (χ1) is 27.8. The highest BCUT2D eigenvalue weighted by Crippen LogP contribution is 2.43. The van der Waals surface area contributed by atoms with Gasteiger partial charge in [-0.15, -0.1) is 11.3 Å². The van der Waals surface area contributed by atoms with E-state index in [1.165, 1.54) is 13.0 Å². The van der Waals surface area contributed by atoms with Crippen LogP contribution >= 0.6 is 11.3 Å². The minimum Gasteiger partial charge on any atom is -0.455 e. The zero-order chi connectivity index (χ0) is 43.4. The van der Waals surface area contributed by atoms with E-state index in [0.717, 1.165) is 19.6 Å². The number of aromatic nitrogens is 1. The molecule has 320 valence electrons. The number of carbonyl (C=O) groups is 5. The summed E-state index contributed by atoms with van der Waals surface area (Å²) < 4.78 is 57.4. The lowest BCUT2D eigenvalue weighted by atomic mass is 9.98. The number of hydrogen-bond donors (Lipinski definition) is 4. The maximum absolute atomic E-state index is 13.3. The number of ketones is 2. The van der Waals surface area contributed by atoms with Gasteiger partial charge in [0.1, 0.15) is 20.0 Å². The Morgan fingerprint density at radius 3 is 2.47 bits per heavy atom. The van der Waals surface area contributed by atoms with Crippen LogP contribution in [0.25, 0.3) is 11.6 Å². The molecule has 2 aliphatic heterocycles. The molecule has 0 saturated heterocycles. The first kappa shape index (κ1) is 45.6. The average molecular weight is 872 g/mol. The van der Waals surface area contributed by atoms with Gasteiger partial charge in [0.05, 0.1) is 22.8 Å². The van der Waals surface area contributed by atoms with E-state index < -0.39 is 48.5 Å². The predicted octanol–water partition coefficient (Wildman–Crippen LogP) is 4.34. The topological polar surface area (TPSA) is 218 Å². The van der Waals surface area contributed by atoms with Crippen LogP contribution in [0.2, 0.25) is 0 Å². The highest BCUT2D eigenvalue weighted by atomic mass is 32.3.